The Morgan fingerprint density at radius 3 is 2.56 bits per heavy atom. The number of rotatable bonds is 6. The summed E-state index contributed by atoms with van der Waals surface area (Å²) >= 11 is 0. The van der Waals surface area contributed by atoms with Crippen LogP contribution >= 0.6 is 0 Å². The van der Waals surface area contributed by atoms with Gasteiger partial charge in [0, 0.05) is 19.4 Å². The Kier molecular flexibility index (Phi) is 4.09. The molecular weight excluding hydrogens is 262 g/mol. The van der Waals surface area contributed by atoms with Gasteiger partial charge in [-0.15, -0.1) is 0 Å². The van der Waals surface area contributed by atoms with Crippen molar-refractivity contribution in [2.75, 3.05) is 0 Å². The molecule has 8 nitrogen and oxygen atoms in total. The summed E-state index contributed by atoms with van der Waals surface area (Å²) in [5.74, 6) is -2.37. The molecule has 1 rings (SSSR count). The smallest absolute Gasteiger partial charge is 0.322 e. The number of carboxylic acids is 1. The molecule has 9 heteroatoms. The summed E-state index contributed by atoms with van der Waals surface area (Å²) in [6, 6.07) is -0.265. The van der Waals surface area contributed by atoms with Crippen LogP contribution in [0.3, 0.4) is 0 Å². The number of amides is 1. The van der Waals surface area contributed by atoms with Gasteiger partial charge in [0.15, 0.2) is 0 Å². The van der Waals surface area contributed by atoms with Crippen LogP contribution < -0.4 is 10.5 Å². The molecule has 1 amide bonds. The minimum absolute atomic E-state index is 0.0827. The van der Waals surface area contributed by atoms with Crippen molar-refractivity contribution >= 4 is 21.9 Å². The second-order valence-corrected chi connectivity index (χ2v) is 5.41. The van der Waals surface area contributed by atoms with Crippen molar-refractivity contribution in [2.45, 2.75) is 17.4 Å². The fraction of sp³-hybridized carbons (Fsp3) is 0.333. The van der Waals surface area contributed by atoms with Crippen LogP contribution in [0.15, 0.2) is 23.4 Å². The lowest BCUT2D eigenvalue weighted by atomic mass is 10.2. The largest absolute Gasteiger partial charge is 0.480 e. The molecule has 0 unspecified atom stereocenters. The highest BCUT2D eigenvalue weighted by Gasteiger charge is 2.27. The first-order valence-electron chi connectivity index (χ1n) is 4.88. The minimum Gasteiger partial charge on any atom is -0.480 e. The number of aryl methyl sites for hydroxylation is 1. The summed E-state index contributed by atoms with van der Waals surface area (Å²) in [4.78, 5) is 21.4. The molecular formula is C9H13N3O5S. The van der Waals surface area contributed by atoms with E-state index >= 15 is 0 Å². The average Bonchev–Trinajstić information content (AvgIpc) is 2.63. The predicted octanol–water partition coefficient (Wildman–Crippen LogP) is -1.37. The highest BCUT2D eigenvalue weighted by molar-refractivity contribution is 7.89. The molecule has 1 aromatic rings. The molecule has 0 saturated heterocycles. The molecule has 0 aromatic carbocycles. The van der Waals surface area contributed by atoms with E-state index in [1.165, 1.54) is 23.0 Å². The van der Waals surface area contributed by atoms with Crippen molar-refractivity contribution in [3.05, 3.63) is 18.5 Å². The maximum Gasteiger partial charge on any atom is 0.322 e. The zero-order valence-corrected chi connectivity index (χ0v) is 10.3. The van der Waals surface area contributed by atoms with Gasteiger partial charge in [0.1, 0.15) is 6.04 Å². The minimum atomic E-state index is -3.99. The van der Waals surface area contributed by atoms with E-state index in [2.05, 4.69) is 0 Å². The van der Waals surface area contributed by atoms with Gasteiger partial charge in [-0.2, -0.15) is 4.72 Å². The van der Waals surface area contributed by atoms with E-state index in [1.54, 1.807) is 7.05 Å². The number of nitrogens with zero attached hydrogens (tertiary/aromatic N) is 1. The Balaban J connectivity index is 2.93. The van der Waals surface area contributed by atoms with Crippen LogP contribution in [-0.4, -0.2) is 36.0 Å². The molecule has 0 aliphatic rings. The number of aromatic nitrogens is 1. The summed E-state index contributed by atoms with van der Waals surface area (Å²) in [5, 5.41) is 8.80. The molecule has 0 fully saturated rings. The maximum atomic E-state index is 11.8. The molecule has 18 heavy (non-hydrogen) atoms. The highest BCUT2D eigenvalue weighted by Crippen LogP contribution is 2.09. The van der Waals surface area contributed by atoms with Crippen LogP contribution in [0.2, 0.25) is 0 Å². The monoisotopic (exact) mass is 275 g/mol. The van der Waals surface area contributed by atoms with Gasteiger partial charge in [-0.1, -0.05) is 0 Å². The van der Waals surface area contributed by atoms with Crippen molar-refractivity contribution in [2.24, 2.45) is 12.8 Å². The van der Waals surface area contributed by atoms with E-state index in [-0.39, 0.29) is 4.90 Å². The molecule has 1 heterocycles. The third-order valence-electron chi connectivity index (χ3n) is 2.12. The van der Waals surface area contributed by atoms with Gasteiger partial charge < -0.3 is 15.4 Å². The summed E-state index contributed by atoms with van der Waals surface area (Å²) in [6.45, 7) is 0. The van der Waals surface area contributed by atoms with Crippen LogP contribution in [0.4, 0.5) is 0 Å². The molecule has 0 radical (unpaired) electrons. The summed E-state index contributed by atoms with van der Waals surface area (Å²) < 4.78 is 27.0. The Morgan fingerprint density at radius 1 is 1.56 bits per heavy atom. The normalized spacial score (nSPS) is 13.2. The van der Waals surface area contributed by atoms with Gasteiger partial charge in [0.25, 0.3) is 0 Å². The third-order valence-corrected chi connectivity index (χ3v) is 3.57. The van der Waals surface area contributed by atoms with Gasteiger partial charge >= 0.3 is 5.97 Å². The summed E-state index contributed by atoms with van der Waals surface area (Å²) in [7, 11) is -2.37. The van der Waals surface area contributed by atoms with Crippen molar-refractivity contribution in [3.63, 3.8) is 0 Å². The zero-order valence-electron chi connectivity index (χ0n) is 9.53. The van der Waals surface area contributed by atoms with Crippen LogP contribution in [0.25, 0.3) is 0 Å². The number of hydrogen-bond donors (Lipinski definition) is 3. The Hall–Kier alpha value is -1.87. The Morgan fingerprint density at radius 2 is 2.17 bits per heavy atom. The van der Waals surface area contributed by atoms with E-state index in [4.69, 9.17) is 10.8 Å². The first-order chi connectivity index (χ1) is 8.22. The Labute approximate surface area is 103 Å². The second kappa shape index (κ2) is 5.19. The fourth-order valence-electron chi connectivity index (χ4n) is 1.27. The number of nitrogens with one attached hydrogen (secondary N) is 1. The van der Waals surface area contributed by atoms with Crippen LogP contribution in [-0.2, 0) is 26.7 Å². The molecule has 100 valence electrons. The first kappa shape index (κ1) is 14.2. The van der Waals surface area contributed by atoms with Crippen molar-refractivity contribution in [3.8, 4) is 0 Å². The van der Waals surface area contributed by atoms with E-state index in [0.717, 1.165) is 0 Å². The fourth-order valence-corrected chi connectivity index (χ4v) is 2.51. The lowest BCUT2D eigenvalue weighted by Gasteiger charge is -2.12. The van der Waals surface area contributed by atoms with Gasteiger partial charge in [-0.25, -0.2) is 8.42 Å². The first-order valence-corrected chi connectivity index (χ1v) is 6.36. The van der Waals surface area contributed by atoms with Gasteiger partial charge in [0.2, 0.25) is 15.9 Å². The maximum absolute atomic E-state index is 11.8. The quantitative estimate of drug-likeness (QED) is 0.589. The van der Waals surface area contributed by atoms with E-state index < -0.39 is 34.4 Å². The van der Waals surface area contributed by atoms with E-state index in [0.29, 0.717) is 0 Å². The third kappa shape index (κ3) is 3.57. The second-order valence-electron chi connectivity index (χ2n) is 3.70. The number of hydrogen-bond acceptors (Lipinski definition) is 4. The standard InChI is InChI=1S/C9H13N3O5S/c1-12-3-2-6(5-12)18(16,17)11-7(9(14)15)4-8(10)13/h2-3,5,7,11H,4H2,1H3,(H2,10,13)(H,14,15)/t7-/m1/s1. The predicted molar refractivity (Wildman–Crippen MR) is 61.0 cm³/mol. The zero-order chi connectivity index (χ0) is 13.9. The van der Waals surface area contributed by atoms with Crippen molar-refractivity contribution in [1.82, 2.24) is 9.29 Å². The number of sulfonamides is 1. The van der Waals surface area contributed by atoms with Crippen LogP contribution in [0, 0.1) is 0 Å². The van der Waals surface area contributed by atoms with Crippen LogP contribution in [0.1, 0.15) is 6.42 Å². The number of aliphatic carboxylic acids is 1. The number of primary amides is 1. The van der Waals surface area contributed by atoms with Crippen LogP contribution in [0.5, 0.6) is 0 Å². The molecule has 0 saturated carbocycles. The SMILES string of the molecule is Cn1ccc(S(=O)(=O)N[C@H](CC(N)=O)C(=O)O)c1. The van der Waals surface area contributed by atoms with E-state index in [9.17, 15) is 18.0 Å². The molecule has 1 atom stereocenters. The summed E-state index contributed by atoms with van der Waals surface area (Å²) in [6.07, 6.45) is 2.20. The molecule has 4 N–H and O–H groups in total. The van der Waals surface area contributed by atoms with E-state index in [1.807, 2.05) is 4.72 Å². The summed E-state index contributed by atoms with van der Waals surface area (Å²) in [5.41, 5.74) is 4.85. The molecule has 1 aromatic heterocycles. The number of nitrogens with two attached hydrogens (primary N) is 1. The van der Waals surface area contributed by atoms with Gasteiger partial charge in [-0.05, 0) is 6.07 Å². The highest BCUT2D eigenvalue weighted by atomic mass is 32.2. The number of carbonyl (C=O) groups excluding carboxylic acids is 1. The van der Waals surface area contributed by atoms with Crippen molar-refractivity contribution in [1.29, 1.82) is 0 Å². The molecule has 0 bridgehead atoms. The molecule has 0 aliphatic heterocycles. The topological polar surface area (TPSA) is 131 Å². The average molecular weight is 275 g/mol. The lowest BCUT2D eigenvalue weighted by molar-refractivity contribution is -0.140. The number of carboxylic acid groups (broad SMARTS) is 1. The molecule has 0 spiro atoms. The molecule has 0 aliphatic carbocycles. The number of carbonyl (C=O) groups is 2. The Bertz CT molecular complexity index is 563. The van der Waals surface area contributed by atoms with Gasteiger partial charge in [0.05, 0.1) is 11.3 Å². The van der Waals surface area contributed by atoms with Gasteiger partial charge in [-0.3, -0.25) is 9.59 Å². The lowest BCUT2D eigenvalue weighted by Crippen LogP contribution is -2.43. The van der Waals surface area contributed by atoms with Crippen molar-refractivity contribution < 1.29 is 23.1 Å².